The summed E-state index contributed by atoms with van der Waals surface area (Å²) >= 11 is 4.42. The molecule has 0 bridgehead atoms. The third-order valence-corrected chi connectivity index (χ3v) is 5.75. The van der Waals surface area contributed by atoms with E-state index in [0.29, 0.717) is 27.8 Å². The molecule has 0 spiro atoms. The molecule has 13 nitrogen and oxygen atoms in total. The van der Waals surface area contributed by atoms with E-state index in [9.17, 15) is 19.7 Å². The molecule has 1 aliphatic rings. The lowest BCUT2D eigenvalue weighted by Gasteiger charge is -2.04. The van der Waals surface area contributed by atoms with Crippen LogP contribution in [0.15, 0.2) is 46.0 Å². The molecule has 3 N–H and O–H groups in total. The van der Waals surface area contributed by atoms with Crippen molar-refractivity contribution in [3.63, 3.8) is 0 Å². The zero-order chi connectivity index (χ0) is 24.1. The lowest BCUT2D eigenvalue weighted by Crippen LogP contribution is -2.19. The summed E-state index contributed by atoms with van der Waals surface area (Å²) in [6, 6.07) is 8.20. The number of aromatic nitrogens is 2. The molecular formula is C19H14BrN7O6S. The first kappa shape index (κ1) is 23.1. The minimum Gasteiger partial charge on any atom is -0.454 e. The third-order valence-electron chi connectivity index (χ3n) is 4.22. The Labute approximate surface area is 203 Å². The summed E-state index contributed by atoms with van der Waals surface area (Å²) in [6.07, 6.45) is 1.36. The predicted octanol–water partition coefficient (Wildman–Crippen LogP) is 3.27. The average Bonchev–Trinajstić information content (AvgIpc) is 3.43. The number of nitro groups is 1. The second kappa shape index (κ2) is 10.2. The summed E-state index contributed by atoms with van der Waals surface area (Å²) in [5.74, 6) is 0.781. The van der Waals surface area contributed by atoms with Gasteiger partial charge in [-0.05, 0) is 40.2 Å². The Morgan fingerprint density at radius 2 is 1.91 bits per heavy atom. The van der Waals surface area contributed by atoms with Crippen LogP contribution in [0.25, 0.3) is 0 Å². The van der Waals surface area contributed by atoms with Gasteiger partial charge in [0.15, 0.2) is 11.5 Å². The van der Waals surface area contributed by atoms with Crippen molar-refractivity contribution in [1.29, 1.82) is 0 Å². The fourth-order valence-electron chi connectivity index (χ4n) is 2.68. The molecule has 0 aliphatic carbocycles. The third kappa shape index (κ3) is 5.81. The van der Waals surface area contributed by atoms with Crippen molar-refractivity contribution in [1.82, 2.24) is 15.6 Å². The number of nitro benzene ring substituents is 1. The number of rotatable bonds is 7. The van der Waals surface area contributed by atoms with Gasteiger partial charge in [-0.25, -0.2) is 10.2 Å². The van der Waals surface area contributed by atoms with Gasteiger partial charge in [-0.3, -0.25) is 20.2 Å². The highest BCUT2D eigenvalue weighted by molar-refractivity contribution is 9.10. The van der Waals surface area contributed by atoms with Gasteiger partial charge < -0.3 is 14.8 Å². The van der Waals surface area contributed by atoms with Crippen LogP contribution in [-0.2, 0) is 11.2 Å². The Bertz CT molecular complexity index is 1280. The number of anilines is 2. The maximum absolute atomic E-state index is 12.1. The first-order chi connectivity index (χ1) is 16.4. The number of urea groups is 1. The van der Waals surface area contributed by atoms with Crippen molar-refractivity contribution in [3.05, 3.63) is 61.6 Å². The van der Waals surface area contributed by atoms with E-state index in [0.717, 1.165) is 15.8 Å². The predicted molar refractivity (Wildman–Crippen MR) is 125 cm³/mol. The highest BCUT2D eigenvalue weighted by atomic mass is 79.9. The number of carbonyl (C=O) groups is 2. The van der Waals surface area contributed by atoms with Crippen LogP contribution < -0.4 is 25.5 Å². The number of halogens is 1. The van der Waals surface area contributed by atoms with Crippen molar-refractivity contribution in [2.24, 2.45) is 5.10 Å². The molecule has 34 heavy (non-hydrogen) atoms. The number of fused-ring (bicyclic) bond motifs is 1. The quantitative estimate of drug-likeness (QED) is 0.230. The first-order valence-corrected chi connectivity index (χ1v) is 11.0. The molecule has 0 unspecified atom stereocenters. The normalized spacial score (nSPS) is 11.9. The van der Waals surface area contributed by atoms with Gasteiger partial charge in [0.2, 0.25) is 17.8 Å². The van der Waals surface area contributed by atoms with Crippen molar-refractivity contribution >= 4 is 61.9 Å². The number of carbonyl (C=O) groups excluding carboxylic acids is 2. The summed E-state index contributed by atoms with van der Waals surface area (Å²) in [5.41, 5.74) is 3.35. The van der Waals surface area contributed by atoms with Gasteiger partial charge in [0.1, 0.15) is 5.01 Å². The molecule has 0 saturated carbocycles. The highest BCUT2D eigenvalue weighted by Crippen LogP contribution is 2.36. The second-order valence-electron chi connectivity index (χ2n) is 6.58. The lowest BCUT2D eigenvalue weighted by atomic mass is 10.2. The highest BCUT2D eigenvalue weighted by Gasteiger charge is 2.16. The van der Waals surface area contributed by atoms with Crippen LogP contribution in [0, 0.1) is 10.1 Å². The van der Waals surface area contributed by atoms with Gasteiger partial charge in [-0.2, -0.15) is 5.10 Å². The number of hydrogen-bond donors (Lipinski definition) is 3. The zero-order valence-corrected chi connectivity index (χ0v) is 19.4. The Kier molecular flexibility index (Phi) is 6.93. The van der Waals surface area contributed by atoms with Gasteiger partial charge in [-0.15, -0.1) is 10.2 Å². The van der Waals surface area contributed by atoms with Crippen LogP contribution in [-0.4, -0.2) is 40.1 Å². The minimum absolute atomic E-state index is 0.0918. The van der Waals surface area contributed by atoms with E-state index in [-0.39, 0.29) is 24.0 Å². The molecule has 2 heterocycles. The number of hydrazone groups is 1. The lowest BCUT2D eigenvalue weighted by molar-refractivity contribution is -0.384. The molecule has 174 valence electrons. The van der Waals surface area contributed by atoms with Crippen LogP contribution in [0.5, 0.6) is 11.5 Å². The Balaban J connectivity index is 1.26. The molecule has 1 aromatic heterocycles. The molecule has 0 saturated heterocycles. The van der Waals surface area contributed by atoms with Gasteiger partial charge in [-0.1, -0.05) is 11.3 Å². The van der Waals surface area contributed by atoms with Gasteiger partial charge in [0.05, 0.1) is 17.6 Å². The summed E-state index contributed by atoms with van der Waals surface area (Å²) in [4.78, 5) is 34.3. The van der Waals surface area contributed by atoms with Crippen LogP contribution in [0.1, 0.15) is 10.6 Å². The van der Waals surface area contributed by atoms with E-state index in [1.165, 1.54) is 30.5 Å². The summed E-state index contributed by atoms with van der Waals surface area (Å²) in [7, 11) is 0. The number of nitrogens with one attached hydrogen (secondary N) is 3. The first-order valence-electron chi connectivity index (χ1n) is 9.43. The van der Waals surface area contributed by atoms with Crippen LogP contribution in [0.2, 0.25) is 0 Å². The topological polar surface area (TPSA) is 170 Å². The fraction of sp³-hybridized carbons (Fsp3) is 0.105. The zero-order valence-electron chi connectivity index (χ0n) is 17.0. The smallest absolute Gasteiger partial charge is 0.325 e. The van der Waals surface area contributed by atoms with E-state index in [1.54, 1.807) is 12.1 Å². The van der Waals surface area contributed by atoms with E-state index < -0.39 is 16.9 Å². The second-order valence-corrected chi connectivity index (χ2v) is 8.50. The maximum atomic E-state index is 12.1. The molecule has 1 aliphatic heterocycles. The monoisotopic (exact) mass is 547 g/mol. The number of amides is 3. The van der Waals surface area contributed by atoms with Crippen LogP contribution in [0.3, 0.4) is 0 Å². The number of ether oxygens (including phenoxy) is 2. The number of nitrogens with zero attached hydrogens (tertiary/aromatic N) is 4. The Hall–Kier alpha value is -4.11. The largest absolute Gasteiger partial charge is 0.454 e. The molecule has 3 amide bonds. The SMILES string of the molecule is O=C(Cc1nnc(NC(=O)Nc2ccc([N+](=O)[O-])cc2)s1)N/N=C\c1cc2c(cc1Br)OCO2. The number of non-ortho nitro benzene ring substituents is 1. The van der Waals surface area contributed by atoms with E-state index in [2.05, 4.69) is 47.3 Å². The van der Waals surface area contributed by atoms with Gasteiger partial charge in [0.25, 0.3) is 5.69 Å². The molecule has 0 fully saturated rings. The van der Waals surface area contributed by atoms with E-state index in [1.807, 2.05) is 0 Å². The standard InChI is InChI=1S/C19H14BrN7O6S/c20-13-6-15-14(32-9-33-15)5-10(13)8-21-24-16(28)7-17-25-26-19(34-17)23-18(29)22-11-1-3-12(4-2-11)27(30)31/h1-6,8H,7,9H2,(H,24,28)(H2,22,23,26,29)/b21-8-. The summed E-state index contributed by atoms with van der Waals surface area (Å²) in [6.45, 7) is 0.149. The molecule has 4 rings (SSSR count). The maximum Gasteiger partial charge on any atom is 0.325 e. The molecule has 3 aromatic rings. The molecule has 2 aromatic carbocycles. The van der Waals surface area contributed by atoms with Crippen molar-refractivity contribution < 1.29 is 24.0 Å². The fourth-order valence-corrected chi connectivity index (χ4v) is 3.84. The summed E-state index contributed by atoms with van der Waals surface area (Å²) in [5, 5.41) is 27.8. The molecule has 0 atom stereocenters. The summed E-state index contributed by atoms with van der Waals surface area (Å²) < 4.78 is 11.3. The van der Waals surface area contributed by atoms with Gasteiger partial charge in [0, 0.05) is 27.9 Å². The number of benzene rings is 2. The van der Waals surface area contributed by atoms with Crippen molar-refractivity contribution in [2.75, 3.05) is 17.4 Å². The molecule has 15 heteroatoms. The van der Waals surface area contributed by atoms with Crippen molar-refractivity contribution in [2.45, 2.75) is 6.42 Å². The average molecular weight is 548 g/mol. The Morgan fingerprint density at radius 3 is 2.65 bits per heavy atom. The number of hydrogen-bond acceptors (Lipinski definition) is 10. The van der Waals surface area contributed by atoms with E-state index >= 15 is 0 Å². The van der Waals surface area contributed by atoms with E-state index in [4.69, 9.17) is 9.47 Å². The minimum atomic E-state index is -0.611. The van der Waals surface area contributed by atoms with Gasteiger partial charge >= 0.3 is 6.03 Å². The molecule has 0 radical (unpaired) electrons. The van der Waals surface area contributed by atoms with Crippen molar-refractivity contribution in [3.8, 4) is 11.5 Å². The molecular weight excluding hydrogens is 534 g/mol. The van der Waals surface area contributed by atoms with Crippen LogP contribution in [0.4, 0.5) is 21.3 Å². The Morgan fingerprint density at radius 1 is 1.18 bits per heavy atom. The van der Waals surface area contributed by atoms with Crippen LogP contribution >= 0.6 is 27.3 Å².